The van der Waals surface area contributed by atoms with E-state index in [0.717, 1.165) is 12.8 Å². The van der Waals surface area contributed by atoms with E-state index in [1.165, 1.54) is 29.8 Å². The first-order valence-corrected chi connectivity index (χ1v) is 8.72. The molecule has 0 unspecified atom stereocenters. The number of halogens is 1. The van der Waals surface area contributed by atoms with E-state index < -0.39 is 12.1 Å². The molecule has 0 fully saturated rings. The molecule has 0 saturated carbocycles. The maximum atomic E-state index is 12.9. The summed E-state index contributed by atoms with van der Waals surface area (Å²) in [6.07, 6.45) is 0.788. The molecule has 4 nitrogen and oxygen atoms in total. The number of hydrogen-bond acceptors (Lipinski definition) is 3. The molecule has 0 aliphatic heterocycles. The molecular weight excluding hydrogens is 333 g/mol. The number of benzene rings is 2. The number of amides is 1. The van der Waals surface area contributed by atoms with Crippen LogP contribution in [-0.2, 0) is 27.2 Å². The minimum absolute atomic E-state index is 0.00145. The highest BCUT2D eigenvalue weighted by atomic mass is 19.1. The number of esters is 1. The second-order valence-corrected chi connectivity index (χ2v) is 6.37. The van der Waals surface area contributed by atoms with Crippen LogP contribution >= 0.6 is 0 Å². The van der Waals surface area contributed by atoms with E-state index in [2.05, 4.69) is 5.32 Å². The largest absolute Gasteiger partial charge is 0.452 e. The van der Waals surface area contributed by atoms with E-state index in [0.29, 0.717) is 5.56 Å². The summed E-state index contributed by atoms with van der Waals surface area (Å²) in [6, 6.07) is 15.6. The summed E-state index contributed by atoms with van der Waals surface area (Å²) >= 11 is 0. The lowest BCUT2D eigenvalue weighted by molar-refractivity contribution is -0.154. The summed E-state index contributed by atoms with van der Waals surface area (Å²) in [5, 5.41) is 2.86. The number of rotatable bonds is 8. The van der Waals surface area contributed by atoms with Crippen molar-refractivity contribution in [1.29, 1.82) is 0 Å². The minimum atomic E-state index is -0.873. The van der Waals surface area contributed by atoms with Gasteiger partial charge in [0, 0.05) is 6.04 Å². The summed E-state index contributed by atoms with van der Waals surface area (Å²) in [5.74, 6) is -1.20. The van der Waals surface area contributed by atoms with Crippen molar-refractivity contribution in [2.45, 2.75) is 45.3 Å². The Balaban J connectivity index is 1.73. The highest BCUT2D eigenvalue weighted by Gasteiger charge is 2.19. The van der Waals surface area contributed by atoms with Crippen LogP contribution in [0.25, 0.3) is 0 Å². The zero-order chi connectivity index (χ0) is 18.9. The van der Waals surface area contributed by atoms with Crippen LogP contribution in [0.1, 0.15) is 31.4 Å². The van der Waals surface area contributed by atoms with Gasteiger partial charge in [0.2, 0.25) is 0 Å². The van der Waals surface area contributed by atoms with Crippen molar-refractivity contribution in [3.8, 4) is 0 Å². The monoisotopic (exact) mass is 357 g/mol. The van der Waals surface area contributed by atoms with E-state index in [1.54, 1.807) is 6.92 Å². The first-order chi connectivity index (χ1) is 12.4. The Morgan fingerprint density at radius 3 is 2.31 bits per heavy atom. The van der Waals surface area contributed by atoms with Crippen LogP contribution in [0.5, 0.6) is 0 Å². The summed E-state index contributed by atoms with van der Waals surface area (Å²) in [6.45, 7) is 3.47. The quantitative estimate of drug-likeness (QED) is 0.737. The van der Waals surface area contributed by atoms with Crippen LogP contribution < -0.4 is 5.32 Å². The predicted molar refractivity (Wildman–Crippen MR) is 98.0 cm³/mol. The first-order valence-electron chi connectivity index (χ1n) is 8.72. The number of nitrogens with one attached hydrogen (secondary N) is 1. The highest BCUT2D eigenvalue weighted by molar-refractivity contribution is 5.84. The fourth-order valence-corrected chi connectivity index (χ4v) is 2.52. The predicted octanol–water partition coefficient (Wildman–Crippen LogP) is 3.44. The van der Waals surface area contributed by atoms with E-state index >= 15 is 0 Å². The SMILES string of the molecule is C[C@H](OC(=O)Cc1ccc(F)cc1)C(=O)N[C@@H](C)CCc1ccccc1. The molecule has 1 N–H and O–H groups in total. The molecule has 0 spiro atoms. The Morgan fingerprint density at radius 2 is 1.65 bits per heavy atom. The zero-order valence-corrected chi connectivity index (χ0v) is 15.1. The van der Waals surface area contributed by atoms with Gasteiger partial charge in [-0.2, -0.15) is 0 Å². The van der Waals surface area contributed by atoms with Crippen molar-refractivity contribution in [2.24, 2.45) is 0 Å². The third-order valence-electron chi connectivity index (χ3n) is 4.04. The average Bonchev–Trinajstić information content (AvgIpc) is 2.62. The Kier molecular flexibility index (Phi) is 7.33. The van der Waals surface area contributed by atoms with E-state index in [4.69, 9.17) is 4.74 Å². The average molecular weight is 357 g/mol. The molecule has 2 atom stereocenters. The van der Waals surface area contributed by atoms with Crippen LogP contribution in [0.3, 0.4) is 0 Å². The molecule has 0 aliphatic rings. The maximum Gasteiger partial charge on any atom is 0.311 e. The number of hydrogen-bond donors (Lipinski definition) is 1. The topological polar surface area (TPSA) is 55.4 Å². The summed E-state index contributed by atoms with van der Waals surface area (Å²) in [5.41, 5.74) is 1.85. The molecule has 0 saturated heterocycles. The van der Waals surface area contributed by atoms with Gasteiger partial charge in [0.05, 0.1) is 6.42 Å². The highest BCUT2D eigenvalue weighted by Crippen LogP contribution is 2.07. The summed E-state index contributed by atoms with van der Waals surface area (Å²) < 4.78 is 18.0. The molecule has 0 radical (unpaired) electrons. The molecule has 2 aromatic carbocycles. The number of ether oxygens (including phenoxy) is 1. The molecule has 138 valence electrons. The lowest BCUT2D eigenvalue weighted by atomic mass is 10.1. The molecule has 26 heavy (non-hydrogen) atoms. The molecule has 5 heteroatoms. The van der Waals surface area contributed by atoms with E-state index in [1.807, 2.05) is 37.3 Å². The van der Waals surface area contributed by atoms with Gasteiger partial charge in [-0.1, -0.05) is 42.5 Å². The second kappa shape index (κ2) is 9.70. The van der Waals surface area contributed by atoms with E-state index in [9.17, 15) is 14.0 Å². The van der Waals surface area contributed by atoms with Gasteiger partial charge in [-0.25, -0.2) is 4.39 Å². The smallest absolute Gasteiger partial charge is 0.311 e. The third kappa shape index (κ3) is 6.67. The van der Waals surface area contributed by atoms with Crippen molar-refractivity contribution < 1.29 is 18.7 Å². The lowest BCUT2D eigenvalue weighted by Crippen LogP contribution is -2.41. The Labute approximate surface area is 153 Å². The van der Waals surface area contributed by atoms with Crippen molar-refractivity contribution in [3.05, 3.63) is 71.5 Å². The maximum absolute atomic E-state index is 12.9. The minimum Gasteiger partial charge on any atom is -0.452 e. The molecule has 0 bridgehead atoms. The Hall–Kier alpha value is -2.69. The van der Waals surface area contributed by atoms with Crippen molar-refractivity contribution >= 4 is 11.9 Å². The molecule has 0 aliphatic carbocycles. The van der Waals surface area contributed by atoms with Crippen molar-refractivity contribution in [3.63, 3.8) is 0 Å². The number of carbonyl (C=O) groups is 2. The van der Waals surface area contributed by atoms with Gasteiger partial charge in [0.1, 0.15) is 5.82 Å². The zero-order valence-electron chi connectivity index (χ0n) is 15.1. The fraction of sp³-hybridized carbons (Fsp3) is 0.333. The summed E-state index contributed by atoms with van der Waals surface area (Å²) in [7, 11) is 0. The van der Waals surface area contributed by atoms with Gasteiger partial charge in [0.15, 0.2) is 6.10 Å². The van der Waals surface area contributed by atoms with Crippen molar-refractivity contribution in [2.75, 3.05) is 0 Å². The third-order valence-corrected chi connectivity index (χ3v) is 4.04. The first kappa shape index (κ1) is 19.6. The second-order valence-electron chi connectivity index (χ2n) is 6.37. The molecule has 1 amide bonds. The standard InChI is InChI=1S/C21H24FNO3/c1-15(8-9-17-6-4-3-5-7-17)23-21(25)16(2)26-20(24)14-18-10-12-19(22)13-11-18/h3-7,10-13,15-16H,8-9,14H2,1-2H3,(H,23,25)/t15-,16-/m0/s1. The molecule has 0 aromatic heterocycles. The van der Waals surface area contributed by atoms with Gasteiger partial charge in [-0.15, -0.1) is 0 Å². The molecular formula is C21H24FNO3. The molecule has 2 rings (SSSR count). The Bertz CT molecular complexity index is 716. The number of carbonyl (C=O) groups excluding carboxylic acids is 2. The van der Waals surface area contributed by atoms with Gasteiger partial charge in [0.25, 0.3) is 5.91 Å². The van der Waals surface area contributed by atoms with Crippen LogP contribution in [0.2, 0.25) is 0 Å². The van der Waals surface area contributed by atoms with Crippen LogP contribution in [0.4, 0.5) is 4.39 Å². The number of aryl methyl sites for hydroxylation is 1. The Morgan fingerprint density at radius 1 is 1.00 bits per heavy atom. The van der Waals surface area contributed by atoms with Crippen LogP contribution in [0, 0.1) is 5.82 Å². The normalized spacial score (nSPS) is 12.9. The fourth-order valence-electron chi connectivity index (χ4n) is 2.52. The molecule has 0 heterocycles. The van der Waals surface area contributed by atoms with Gasteiger partial charge < -0.3 is 10.1 Å². The van der Waals surface area contributed by atoms with Gasteiger partial charge in [-0.3, -0.25) is 9.59 Å². The van der Waals surface area contributed by atoms with Crippen LogP contribution in [0.15, 0.2) is 54.6 Å². The molecule has 2 aromatic rings. The lowest BCUT2D eigenvalue weighted by Gasteiger charge is -2.18. The van der Waals surface area contributed by atoms with Gasteiger partial charge >= 0.3 is 5.97 Å². The van der Waals surface area contributed by atoms with Gasteiger partial charge in [-0.05, 0) is 49.9 Å². The van der Waals surface area contributed by atoms with E-state index in [-0.39, 0.29) is 24.2 Å². The summed E-state index contributed by atoms with van der Waals surface area (Å²) in [4.78, 5) is 24.1. The van der Waals surface area contributed by atoms with Crippen LogP contribution in [-0.4, -0.2) is 24.0 Å². The van der Waals surface area contributed by atoms with Crippen molar-refractivity contribution in [1.82, 2.24) is 5.32 Å².